The molecular formula is C16H21N3O2. The lowest BCUT2D eigenvalue weighted by Crippen LogP contribution is -2.28. The minimum absolute atomic E-state index is 0.0633. The summed E-state index contributed by atoms with van der Waals surface area (Å²) in [4.78, 5) is 16.2. The van der Waals surface area contributed by atoms with Crippen LogP contribution in [0.2, 0.25) is 0 Å². The first-order chi connectivity index (χ1) is 9.90. The first-order valence-corrected chi connectivity index (χ1v) is 6.75. The second kappa shape index (κ2) is 5.91. The highest BCUT2D eigenvalue weighted by Crippen LogP contribution is 2.23. The Hall–Kier alpha value is -2.43. The van der Waals surface area contributed by atoms with Gasteiger partial charge in [-0.15, -0.1) is 0 Å². The van der Waals surface area contributed by atoms with Gasteiger partial charge in [-0.2, -0.15) is 0 Å². The van der Waals surface area contributed by atoms with E-state index in [2.05, 4.69) is 0 Å². The quantitative estimate of drug-likeness (QED) is 0.878. The molecule has 5 nitrogen and oxygen atoms in total. The Morgan fingerprint density at radius 1 is 1.24 bits per heavy atom. The lowest BCUT2D eigenvalue weighted by molar-refractivity contribution is 0.0785. The maximum atomic E-state index is 12.7. The van der Waals surface area contributed by atoms with Crippen LogP contribution in [0.15, 0.2) is 34.9 Å². The van der Waals surface area contributed by atoms with Gasteiger partial charge in [-0.1, -0.05) is 0 Å². The molecule has 0 saturated carbocycles. The van der Waals surface area contributed by atoms with Crippen LogP contribution < -0.4 is 10.6 Å². The number of carbonyl (C=O) groups excluding carboxylic acids is 1. The van der Waals surface area contributed by atoms with E-state index in [1.807, 2.05) is 38.1 Å². The predicted octanol–water partition coefficient (Wildman–Crippen LogP) is 2.51. The monoisotopic (exact) mass is 287 g/mol. The van der Waals surface area contributed by atoms with Crippen LogP contribution in [0.1, 0.15) is 21.7 Å². The zero-order valence-electron chi connectivity index (χ0n) is 12.9. The van der Waals surface area contributed by atoms with E-state index < -0.39 is 0 Å². The van der Waals surface area contributed by atoms with Crippen LogP contribution in [0.3, 0.4) is 0 Å². The van der Waals surface area contributed by atoms with Gasteiger partial charge in [0.05, 0.1) is 11.8 Å². The first-order valence-electron chi connectivity index (χ1n) is 6.75. The average molecular weight is 287 g/mol. The Balaban J connectivity index is 2.27. The molecule has 0 unspecified atom stereocenters. The second-order valence-corrected chi connectivity index (χ2v) is 5.33. The molecule has 112 valence electrons. The Morgan fingerprint density at radius 2 is 1.95 bits per heavy atom. The maximum absolute atomic E-state index is 12.7. The Labute approximate surface area is 124 Å². The number of hydrogen-bond donors (Lipinski definition) is 1. The summed E-state index contributed by atoms with van der Waals surface area (Å²) < 4.78 is 5.27. The molecule has 0 saturated heterocycles. The van der Waals surface area contributed by atoms with E-state index in [-0.39, 0.29) is 5.91 Å². The molecule has 0 fully saturated rings. The lowest BCUT2D eigenvalue weighted by Gasteiger charge is -2.22. The fourth-order valence-corrected chi connectivity index (χ4v) is 2.22. The highest BCUT2D eigenvalue weighted by atomic mass is 16.3. The number of rotatable bonds is 4. The zero-order valence-corrected chi connectivity index (χ0v) is 12.9. The molecule has 1 heterocycles. The summed E-state index contributed by atoms with van der Waals surface area (Å²) in [7, 11) is 5.59. The van der Waals surface area contributed by atoms with Gasteiger partial charge in [-0.25, -0.2) is 0 Å². The van der Waals surface area contributed by atoms with E-state index in [4.69, 9.17) is 10.2 Å². The number of nitrogens with two attached hydrogens (primary N) is 1. The number of nitrogens with zero attached hydrogens (tertiary/aromatic N) is 2. The fraction of sp³-hybridized carbons (Fsp3) is 0.312. The summed E-state index contributed by atoms with van der Waals surface area (Å²) >= 11 is 0. The third-order valence-corrected chi connectivity index (χ3v) is 3.45. The van der Waals surface area contributed by atoms with Gasteiger partial charge >= 0.3 is 0 Å². The maximum Gasteiger partial charge on any atom is 0.256 e. The van der Waals surface area contributed by atoms with Crippen molar-refractivity contribution in [2.75, 3.05) is 31.8 Å². The van der Waals surface area contributed by atoms with Crippen LogP contribution in [0.5, 0.6) is 0 Å². The van der Waals surface area contributed by atoms with Crippen molar-refractivity contribution in [3.8, 4) is 0 Å². The molecule has 0 atom stereocenters. The van der Waals surface area contributed by atoms with Crippen LogP contribution in [0, 0.1) is 6.92 Å². The number of aryl methyl sites for hydroxylation is 1. The van der Waals surface area contributed by atoms with Crippen LogP contribution in [-0.2, 0) is 6.54 Å². The van der Waals surface area contributed by atoms with Gasteiger partial charge in [0.1, 0.15) is 5.76 Å². The molecule has 2 aromatic rings. The zero-order chi connectivity index (χ0) is 15.6. The predicted molar refractivity (Wildman–Crippen MR) is 84.4 cm³/mol. The summed E-state index contributed by atoms with van der Waals surface area (Å²) in [6.45, 7) is 2.39. The molecule has 0 aliphatic rings. The molecule has 0 radical (unpaired) electrons. The number of nitrogen functional groups attached to an aromatic ring is 1. The van der Waals surface area contributed by atoms with Crippen LogP contribution in [0.4, 0.5) is 11.4 Å². The lowest BCUT2D eigenvalue weighted by atomic mass is 10.1. The third-order valence-electron chi connectivity index (χ3n) is 3.45. The average Bonchev–Trinajstić information content (AvgIpc) is 2.83. The van der Waals surface area contributed by atoms with Crippen molar-refractivity contribution in [1.82, 2.24) is 4.90 Å². The minimum Gasteiger partial charge on any atom is -0.469 e. The number of anilines is 2. The Kier molecular flexibility index (Phi) is 4.21. The van der Waals surface area contributed by atoms with Crippen molar-refractivity contribution in [2.24, 2.45) is 0 Å². The van der Waals surface area contributed by atoms with E-state index in [0.717, 1.165) is 17.0 Å². The Morgan fingerprint density at radius 3 is 2.52 bits per heavy atom. The number of furan rings is 1. The van der Waals surface area contributed by atoms with E-state index in [0.29, 0.717) is 17.8 Å². The summed E-state index contributed by atoms with van der Waals surface area (Å²) in [5.41, 5.74) is 8.86. The van der Waals surface area contributed by atoms with Crippen LogP contribution >= 0.6 is 0 Å². The molecule has 1 aromatic carbocycles. The fourth-order valence-electron chi connectivity index (χ4n) is 2.22. The van der Waals surface area contributed by atoms with Crippen molar-refractivity contribution < 1.29 is 9.21 Å². The number of amides is 1. The molecule has 0 aliphatic carbocycles. The molecule has 1 aromatic heterocycles. The van der Waals surface area contributed by atoms with E-state index in [9.17, 15) is 4.79 Å². The molecule has 0 aliphatic heterocycles. The first kappa shape index (κ1) is 15.0. The van der Waals surface area contributed by atoms with E-state index in [1.54, 1.807) is 30.3 Å². The summed E-state index contributed by atoms with van der Waals surface area (Å²) in [5, 5.41) is 0. The molecule has 2 rings (SSSR count). The van der Waals surface area contributed by atoms with Gasteiger partial charge in [0, 0.05) is 44.6 Å². The van der Waals surface area contributed by atoms with E-state index in [1.165, 1.54) is 0 Å². The minimum atomic E-state index is -0.0633. The molecule has 0 bridgehead atoms. The standard InChI is InChI=1S/C16H21N3O2/c1-11-12(7-8-21-11)10-19(4)16(20)14-9-13(17)5-6-15(14)18(2)3/h5-9H,10,17H2,1-4H3. The van der Waals surface area contributed by atoms with E-state index >= 15 is 0 Å². The van der Waals surface area contributed by atoms with Gasteiger partial charge in [0.15, 0.2) is 0 Å². The van der Waals surface area contributed by atoms with Crippen molar-refractivity contribution in [3.63, 3.8) is 0 Å². The topological polar surface area (TPSA) is 62.7 Å². The van der Waals surface area contributed by atoms with Gasteiger partial charge in [0.25, 0.3) is 5.91 Å². The number of carbonyl (C=O) groups is 1. The smallest absolute Gasteiger partial charge is 0.256 e. The third kappa shape index (κ3) is 3.18. The normalized spacial score (nSPS) is 10.5. The molecule has 5 heteroatoms. The van der Waals surface area contributed by atoms with Crippen molar-refractivity contribution >= 4 is 17.3 Å². The summed E-state index contributed by atoms with van der Waals surface area (Å²) in [6.07, 6.45) is 1.63. The van der Waals surface area contributed by atoms with Gasteiger partial charge in [0.2, 0.25) is 0 Å². The van der Waals surface area contributed by atoms with Crippen molar-refractivity contribution in [3.05, 3.63) is 47.4 Å². The highest BCUT2D eigenvalue weighted by molar-refractivity contribution is 6.00. The van der Waals surface area contributed by atoms with Gasteiger partial charge < -0.3 is 20.0 Å². The number of benzene rings is 1. The van der Waals surface area contributed by atoms with Gasteiger partial charge in [-0.3, -0.25) is 4.79 Å². The largest absolute Gasteiger partial charge is 0.469 e. The molecule has 2 N–H and O–H groups in total. The van der Waals surface area contributed by atoms with Crippen molar-refractivity contribution in [1.29, 1.82) is 0 Å². The molecule has 21 heavy (non-hydrogen) atoms. The Bertz CT molecular complexity index is 647. The number of hydrogen-bond acceptors (Lipinski definition) is 4. The highest BCUT2D eigenvalue weighted by Gasteiger charge is 2.18. The van der Waals surface area contributed by atoms with Gasteiger partial charge in [-0.05, 0) is 31.2 Å². The van der Waals surface area contributed by atoms with Crippen molar-refractivity contribution in [2.45, 2.75) is 13.5 Å². The SMILES string of the molecule is Cc1occc1CN(C)C(=O)c1cc(N)ccc1N(C)C. The molecular weight excluding hydrogens is 266 g/mol. The molecule has 0 spiro atoms. The summed E-state index contributed by atoms with van der Waals surface area (Å²) in [6, 6.07) is 7.26. The second-order valence-electron chi connectivity index (χ2n) is 5.33. The molecule has 1 amide bonds. The van der Waals surface area contributed by atoms with Crippen LogP contribution in [0.25, 0.3) is 0 Å². The van der Waals surface area contributed by atoms with Crippen LogP contribution in [-0.4, -0.2) is 32.0 Å². The summed E-state index contributed by atoms with van der Waals surface area (Å²) in [5.74, 6) is 0.765.